The van der Waals surface area contributed by atoms with E-state index in [4.69, 9.17) is 4.74 Å². The summed E-state index contributed by atoms with van der Waals surface area (Å²) in [6, 6.07) is 10.7. The maximum absolute atomic E-state index is 13.4. The van der Waals surface area contributed by atoms with Crippen molar-refractivity contribution in [1.29, 1.82) is 0 Å². The Bertz CT molecular complexity index is 1330. The summed E-state index contributed by atoms with van der Waals surface area (Å²) in [5.41, 5.74) is 2.89. The predicted octanol–water partition coefficient (Wildman–Crippen LogP) is 4.79. The lowest BCUT2D eigenvalue weighted by molar-refractivity contribution is -0.0516. The molecule has 0 saturated heterocycles. The molecule has 1 aliphatic carbocycles. The van der Waals surface area contributed by atoms with Crippen LogP contribution in [0.2, 0.25) is 0 Å². The number of alkyl halides is 2. The molecular weight excluding hydrogens is 423 g/mol. The van der Waals surface area contributed by atoms with Gasteiger partial charge in [0.1, 0.15) is 5.82 Å². The van der Waals surface area contributed by atoms with Gasteiger partial charge in [0.15, 0.2) is 11.5 Å². The molecule has 164 valence electrons. The van der Waals surface area contributed by atoms with Crippen LogP contribution in [0.1, 0.15) is 24.0 Å². The van der Waals surface area contributed by atoms with Crippen LogP contribution in [0, 0.1) is 5.82 Å². The highest BCUT2D eigenvalue weighted by molar-refractivity contribution is 5.90. The first-order valence-electron chi connectivity index (χ1n) is 10.1. The summed E-state index contributed by atoms with van der Waals surface area (Å²) in [4.78, 5) is 15.8. The molecule has 2 N–H and O–H groups in total. The fraction of sp³-hybridized carbons (Fsp3) is 0.217. The number of nitrogens with zero attached hydrogens (tertiary/aromatic N) is 1. The first-order valence-corrected chi connectivity index (χ1v) is 10.1. The van der Waals surface area contributed by atoms with Crippen molar-refractivity contribution in [2.75, 3.05) is 0 Å². The van der Waals surface area contributed by atoms with Crippen LogP contribution in [-0.2, 0) is 6.42 Å². The topological polar surface area (TPSA) is 80.0 Å². The second kappa shape index (κ2) is 8.07. The number of halogens is 3. The molecule has 0 amide bonds. The van der Waals surface area contributed by atoms with Gasteiger partial charge in [0, 0.05) is 12.0 Å². The van der Waals surface area contributed by atoms with E-state index in [-0.39, 0.29) is 29.0 Å². The zero-order valence-electron chi connectivity index (χ0n) is 16.7. The fourth-order valence-corrected chi connectivity index (χ4v) is 3.67. The van der Waals surface area contributed by atoms with Crippen molar-refractivity contribution < 1.29 is 22.6 Å². The number of H-pyrrole nitrogens is 2. The molecule has 0 atom stereocenters. The Morgan fingerprint density at radius 1 is 1.09 bits per heavy atom. The fourth-order valence-electron chi connectivity index (χ4n) is 3.67. The van der Waals surface area contributed by atoms with Gasteiger partial charge in [-0.2, -0.15) is 13.9 Å². The average molecular weight is 441 g/mol. The summed E-state index contributed by atoms with van der Waals surface area (Å²) >= 11 is 0. The first kappa shape index (κ1) is 20.2. The summed E-state index contributed by atoms with van der Waals surface area (Å²) in [5, 5.41) is 6.71. The van der Waals surface area contributed by atoms with Gasteiger partial charge in [-0.3, -0.25) is 4.79 Å². The van der Waals surface area contributed by atoms with E-state index in [9.17, 15) is 18.0 Å². The van der Waals surface area contributed by atoms with E-state index in [0.717, 1.165) is 18.4 Å². The molecule has 1 fully saturated rings. The number of rotatable bonds is 7. The van der Waals surface area contributed by atoms with Crippen LogP contribution >= 0.6 is 0 Å². The van der Waals surface area contributed by atoms with Gasteiger partial charge in [0.2, 0.25) is 0 Å². The molecule has 2 aromatic heterocycles. The van der Waals surface area contributed by atoms with E-state index in [1.54, 1.807) is 24.3 Å². The van der Waals surface area contributed by atoms with Gasteiger partial charge in [-0.25, -0.2) is 9.49 Å². The van der Waals surface area contributed by atoms with Gasteiger partial charge >= 0.3 is 6.61 Å². The Morgan fingerprint density at radius 3 is 2.59 bits per heavy atom. The van der Waals surface area contributed by atoms with E-state index in [1.165, 1.54) is 24.4 Å². The van der Waals surface area contributed by atoms with Gasteiger partial charge < -0.3 is 14.5 Å². The average Bonchev–Trinajstić information content (AvgIpc) is 3.50. The highest BCUT2D eigenvalue weighted by atomic mass is 19.3. The molecule has 0 spiro atoms. The molecule has 0 radical (unpaired) electrons. The van der Waals surface area contributed by atoms with Crippen molar-refractivity contribution in [2.45, 2.75) is 32.0 Å². The van der Waals surface area contributed by atoms with E-state index < -0.39 is 6.61 Å². The molecule has 0 bridgehead atoms. The normalized spacial score (nSPS) is 13.6. The largest absolute Gasteiger partial charge is 0.487 e. The highest BCUT2D eigenvalue weighted by Crippen LogP contribution is 2.39. The first-order chi connectivity index (χ1) is 15.5. The summed E-state index contributed by atoms with van der Waals surface area (Å²) in [7, 11) is 0. The van der Waals surface area contributed by atoms with Crippen molar-refractivity contribution in [3.63, 3.8) is 0 Å². The zero-order chi connectivity index (χ0) is 22.2. The van der Waals surface area contributed by atoms with Crippen molar-refractivity contribution in [3.8, 4) is 22.8 Å². The standard InChI is InChI=1S/C23H18F3N3O3/c24-14-4-1-12(2-5-14)9-16-20-17(11-27-29-22(20)30)28-21(16)13-3-8-18(32-23(25)26)19(10-13)31-15-6-7-15/h1-5,8,10-11,15,23,28H,6-7,9H2,(H,29,30). The summed E-state index contributed by atoms with van der Waals surface area (Å²) in [6.45, 7) is -2.98. The maximum atomic E-state index is 13.4. The van der Waals surface area contributed by atoms with Crippen LogP contribution in [0.25, 0.3) is 22.2 Å². The second-order valence-electron chi connectivity index (χ2n) is 7.63. The minimum atomic E-state index is -2.98. The maximum Gasteiger partial charge on any atom is 0.387 e. The number of aromatic nitrogens is 3. The Kier molecular flexibility index (Phi) is 5.08. The summed E-state index contributed by atoms with van der Waals surface area (Å²) in [6.07, 6.45) is 3.52. The lowest BCUT2D eigenvalue weighted by atomic mass is 9.99. The smallest absolute Gasteiger partial charge is 0.387 e. The SMILES string of the molecule is O=c1[nH]ncc2[nH]c(-c3ccc(OC(F)F)c(OC4CC4)c3)c(Cc3ccc(F)cc3)c12. The molecule has 2 aromatic carbocycles. The predicted molar refractivity (Wildman–Crippen MR) is 112 cm³/mol. The Labute approximate surface area is 180 Å². The highest BCUT2D eigenvalue weighted by Gasteiger charge is 2.26. The van der Waals surface area contributed by atoms with E-state index in [2.05, 4.69) is 19.9 Å². The minimum Gasteiger partial charge on any atom is -0.487 e. The van der Waals surface area contributed by atoms with Crippen molar-refractivity contribution in [3.05, 3.63) is 76.0 Å². The molecule has 0 unspecified atom stereocenters. The quantitative estimate of drug-likeness (QED) is 0.432. The minimum absolute atomic E-state index is 0.0290. The molecular formula is C23H18F3N3O3. The van der Waals surface area contributed by atoms with Crippen molar-refractivity contribution >= 4 is 10.9 Å². The molecule has 9 heteroatoms. The Hall–Kier alpha value is -3.75. The molecule has 1 saturated carbocycles. The van der Waals surface area contributed by atoms with Gasteiger partial charge in [0.25, 0.3) is 5.56 Å². The molecule has 4 aromatic rings. The van der Waals surface area contributed by atoms with Crippen LogP contribution in [0.3, 0.4) is 0 Å². The van der Waals surface area contributed by atoms with Gasteiger partial charge in [-0.1, -0.05) is 12.1 Å². The number of ether oxygens (including phenoxy) is 2. The van der Waals surface area contributed by atoms with Gasteiger partial charge in [-0.05, 0) is 54.3 Å². The van der Waals surface area contributed by atoms with Crippen molar-refractivity contribution in [1.82, 2.24) is 15.2 Å². The molecule has 2 heterocycles. The van der Waals surface area contributed by atoms with Crippen LogP contribution in [0.5, 0.6) is 11.5 Å². The lowest BCUT2D eigenvalue weighted by Gasteiger charge is -2.14. The second-order valence-corrected chi connectivity index (χ2v) is 7.63. The van der Waals surface area contributed by atoms with Crippen LogP contribution in [-0.4, -0.2) is 27.9 Å². The third kappa shape index (κ3) is 4.05. The summed E-state index contributed by atoms with van der Waals surface area (Å²) < 4.78 is 49.4. The number of nitrogens with one attached hydrogen (secondary N) is 2. The van der Waals surface area contributed by atoms with E-state index in [0.29, 0.717) is 34.1 Å². The number of hydrogen-bond donors (Lipinski definition) is 2. The van der Waals surface area contributed by atoms with Crippen LogP contribution in [0.15, 0.2) is 53.5 Å². The van der Waals surface area contributed by atoms with Crippen molar-refractivity contribution in [2.24, 2.45) is 0 Å². The third-order valence-corrected chi connectivity index (χ3v) is 5.28. The lowest BCUT2D eigenvalue weighted by Crippen LogP contribution is -2.08. The molecule has 5 rings (SSSR count). The number of benzene rings is 2. The third-order valence-electron chi connectivity index (χ3n) is 5.28. The van der Waals surface area contributed by atoms with Crippen LogP contribution < -0.4 is 15.0 Å². The number of hydrogen-bond acceptors (Lipinski definition) is 4. The monoisotopic (exact) mass is 441 g/mol. The van der Waals surface area contributed by atoms with E-state index in [1.807, 2.05) is 0 Å². The zero-order valence-corrected chi connectivity index (χ0v) is 16.7. The number of aromatic amines is 2. The van der Waals surface area contributed by atoms with Gasteiger partial charge in [-0.15, -0.1) is 0 Å². The number of fused-ring (bicyclic) bond motifs is 1. The molecule has 0 aliphatic heterocycles. The molecule has 1 aliphatic rings. The molecule has 32 heavy (non-hydrogen) atoms. The van der Waals surface area contributed by atoms with Gasteiger partial charge in [0.05, 0.1) is 28.9 Å². The van der Waals surface area contributed by atoms with E-state index >= 15 is 0 Å². The Morgan fingerprint density at radius 2 is 1.88 bits per heavy atom. The van der Waals surface area contributed by atoms with Crippen LogP contribution in [0.4, 0.5) is 13.2 Å². The Balaban J connectivity index is 1.64. The summed E-state index contributed by atoms with van der Waals surface area (Å²) in [5.74, 6) is -0.193. The molecule has 6 nitrogen and oxygen atoms in total.